The van der Waals surface area contributed by atoms with Crippen LogP contribution in [0.2, 0.25) is 0 Å². The maximum atomic E-state index is 9.00. The number of hydrogen-bond donors (Lipinski definition) is 2. The Bertz CT molecular complexity index is 34.5. The summed E-state index contributed by atoms with van der Waals surface area (Å²) in [5.74, 6) is -0.833. The van der Waals surface area contributed by atoms with Crippen molar-refractivity contribution in [3.63, 3.8) is 0 Å². The predicted octanol–water partition coefficient (Wildman–Crippen LogP) is 0.253. The van der Waals surface area contributed by atoms with Gasteiger partial charge in [-0.2, -0.15) is 0 Å². The summed E-state index contributed by atoms with van der Waals surface area (Å²) >= 11 is 0. The average Bonchev–Trinajstić information content (AvgIpc) is 0.811. The third-order valence-electron chi connectivity index (χ3n) is 0. The minimum absolute atomic E-state index is 0. The Hall–Kier alpha value is 0.690. The van der Waals surface area contributed by atoms with Crippen LogP contribution in [0, 0.1) is 37.7 Å². The summed E-state index contributed by atoms with van der Waals surface area (Å²) in [5.41, 5.74) is 0. The zero-order chi connectivity index (χ0) is 3.58. The second kappa shape index (κ2) is 9.19. The predicted molar refractivity (Wildman–Crippen MR) is 18.3 cm³/mol. The summed E-state index contributed by atoms with van der Waals surface area (Å²) in [4.78, 5) is 9.00. The van der Waals surface area contributed by atoms with Crippen LogP contribution in [-0.2, 0) is 4.79 Å². The molecule has 0 radical (unpaired) electrons. The zero-order valence-corrected chi connectivity index (χ0v) is 4.12. The van der Waals surface area contributed by atoms with Gasteiger partial charge in [-0.1, -0.05) is 0 Å². The van der Waals surface area contributed by atoms with Crippen molar-refractivity contribution >= 4 is 5.97 Å². The van der Waals surface area contributed by atoms with Gasteiger partial charge in [-0.3, -0.25) is 4.79 Å². The number of carbonyl (C=O) groups is 1. The maximum Gasteiger partial charge on any atom is 0.300 e. The Balaban J connectivity index is -0.0000000450. The summed E-state index contributed by atoms with van der Waals surface area (Å²) in [6.45, 7) is 1.08. The van der Waals surface area contributed by atoms with Crippen LogP contribution in [0.3, 0.4) is 0 Å². The second-order valence-corrected chi connectivity index (χ2v) is 0.519. The fourth-order valence-electron chi connectivity index (χ4n) is 0. The molecule has 0 unspecified atom stereocenters. The summed E-state index contributed by atoms with van der Waals surface area (Å²) < 4.78 is 0. The van der Waals surface area contributed by atoms with E-state index in [9.17, 15) is 0 Å². The molecule has 0 spiro atoms. The zero-order valence-electron chi connectivity index (χ0n) is 3.42. The van der Waals surface area contributed by atoms with Crippen molar-refractivity contribution < 1.29 is 47.6 Å². The van der Waals surface area contributed by atoms with E-state index in [2.05, 4.69) is 0 Å². The van der Waals surface area contributed by atoms with Crippen molar-refractivity contribution in [2.24, 2.45) is 0 Å². The molecule has 0 rings (SSSR count). The monoisotopic (exact) mass is 117 g/mol. The van der Waals surface area contributed by atoms with Crippen molar-refractivity contribution in [1.29, 1.82) is 0 Å². The first-order valence-corrected chi connectivity index (χ1v) is 0.928. The second-order valence-electron chi connectivity index (χ2n) is 0.519. The van der Waals surface area contributed by atoms with Crippen molar-refractivity contribution in [3.8, 4) is 0 Å². The van der Waals surface area contributed by atoms with E-state index >= 15 is 0 Å². The van der Waals surface area contributed by atoms with Gasteiger partial charge in [-0.25, -0.2) is 0 Å². The first-order chi connectivity index (χ1) is 1.73. The number of rotatable bonds is 0. The fourth-order valence-corrected chi connectivity index (χ4v) is 0. The van der Waals surface area contributed by atoms with Gasteiger partial charge in [0.15, 0.2) is 0 Å². The van der Waals surface area contributed by atoms with Crippen molar-refractivity contribution in [3.05, 3.63) is 0 Å². The molecular formula is C2H7ArNO2. The summed E-state index contributed by atoms with van der Waals surface area (Å²) in [6.07, 6.45) is 0. The van der Waals surface area contributed by atoms with Gasteiger partial charge in [0, 0.05) is 44.7 Å². The van der Waals surface area contributed by atoms with Crippen molar-refractivity contribution in [2.45, 2.75) is 6.92 Å². The molecule has 0 aromatic heterocycles. The fraction of sp³-hybridized carbons (Fsp3) is 0.500. The van der Waals surface area contributed by atoms with Crippen LogP contribution < -0.4 is 6.15 Å². The maximum absolute atomic E-state index is 9.00. The Morgan fingerprint density at radius 1 is 1.67 bits per heavy atom. The third-order valence-corrected chi connectivity index (χ3v) is 0. The third kappa shape index (κ3) is 134. The smallest absolute Gasteiger partial charge is 0.300 e. The minimum Gasteiger partial charge on any atom is -0.481 e. The van der Waals surface area contributed by atoms with E-state index in [-0.39, 0.29) is 43.9 Å². The molecule has 3 nitrogen and oxygen atoms in total. The van der Waals surface area contributed by atoms with Crippen molar-refractivity contribution in [1.82, 2.24) is 6.15 Å². The molecule has 0 aromatic carbocycles. The van der Waals surface area contributed by atoms with Gasteiger partial charge in [0.25, 0.3) is 5.97 Å². The Morgan fingerprint density at radius 3 is 1.67 bits per heavy atom. The summed E-state index contributed by atoms with van der Waals surface area (Å²) in [5, 5.41) is 7.42. The van der Waals surface area contributed by atoms with E-state index in [0.717, 1.165) is 6.92 Å². The standard InChI is InChI=1S/C2H4O2.Ar.H3N/c1-2(3)4;;/h1H3,(H,3,4);;1H3. The molecule has 0 amide bonds. The van der Waals surface area contributed by atoms with Gasteiger partial charge in [0.05, 0.1) is 0 Å². The molecular weight excluding hydrogens is 110 g/mol. The normalized spacial score (nSPS) is 4.17. The van der Waals surface area contributed by atoms with Gasteiger partial charge in [-0.05, 0) is 0 Å². The van der Waals surface area contributed by atoms with Gasteiger partial charge in [-0.15, -0.1) is 0 Å². The molecule has 0 atom stereocenters. The van der Waals surface area contributed by atoms with Gasteiger partial charge < -0.3 is 11.3 Å². The van der Waals surface area contributed by atoms with E-state index in [0.29, 0.717) is 0 Å². The molecule has 0 aromatic rings. The molecule has 0 aliphatic carbocycles. The first-order valence-electron chi connectivity index (χ1n) is 0.928. The largest absolute Gasteiger partial charge is 0.481 e. The van der Waals surface area contributed by atoms with Crippen LogP contribution in [-0.4, -0.2) is 11.1 Å². The van der Waals surface area contributed by atoms with Crippen LogP contribution in [0.25, 0.3) is 0 Å². The van der Waals surface area contributed by atoms with Gasteiger partial charge >= 0.3 is 0 Å². The van der Waals surface area contributed by atoms with Crippen LogP contribution in [0.5, 0.6) is 0 Å². The molecule has 6 heavy (non-hydrogen) atoms. The Morgan fingerprint density at radius 2 is 1.67 bits per heavy atom. The molecule has 0 heterocycles. The van der Waals surface area contributed by atoms with Crippen LogP contribution in [0.4, 0.5) is 0 Å². The van der Waals surface area contributed by atoms with Crippen LogP contribution in [0.15, 0.2) is 0 Å². The number of carboxylic acid groups (broad SMARTS) is 1. The van der Waals surface area contributed by atoms with Crippen LogP contribution in [0.1, 0.15) is 6.92 Å². The minimum atomic E-state index is -0.833. The molecule has 0 bridgehead atoms. The quantitative estimate of drug-likeness (QED) is 0.477. The Kier molecular flexibility index (Phi) is 24.4. The number of hydrogen-bond acceptors (Lipinski definition) is 2. The van der Waals surface area contributed by atoms with E-state index in [1.807, 2.05) is 0 Å². The van der Waals surface area contributed by atoms with E-state index in [4.69, 9.17) is 9.90 Å². The summed E-state index contributed by atoms with van der Waals surface area (Å²) in [7, 11) is 0. The van der Waals surface area contributed by atoms with E-state index in [1.54, 1.807) is 0 Å². The number of carboxylic acids is 1. The molecule has 4 heteroatoms. The van der Waals surface area contributed by atoms with Crippen LogP contribution >= 0.6 is 0 Å². The van der Waals surface area contributed by atoms with E-state index < -0.39 is 5.97 Å². The van der Waals surface area contributed by atoms with Gasteiger partial charge in [0.1, 0.15) is 0 Å². The molecule has 0 fully saturated rings. The Labute approximate surface area is 66.3 Å². The van der Waals surface area contributed by atoms with Crippen molar-refractivity contribution in [2.75, 3.05) is 0 Å². The molecule has 0 aliphatic rings. The number of aliphatic carboxylic acids is 1. The molecule has 40 valence electrons. The molecule has 0 saturated carbocycles. The molecule has 0 saturated heterocycles. The topological polar surface area (TPSA) is 72.3 Å². The van der Waals surface area contributed by atoms with Gasteiger partial charge in [0.2, 0.25) is 0 Å². The van der Waals surface area contributed by atoms with E-state index in [1.165, 1.54) is 0 Å². The molecule has 4 N–H and O–H groups in total. The first kappa shape index (κ1) is 15.9. The summed E-state index contributed by atoms with van der Waals surface area (Å²) in [6, 6.07) is 0. The average molecular weight is 117 g/mol. The SMILES string of the molecule is CC(=O)O.N.[Ar]. The molecule has 0 aliphatic heterocycles.